The highest BCUT2D eigenvalue weighted by atomic mass is 79.9. The van der Waals surface area contributed by atoms with Gasteiger partial charge in [-0.3, -0.25) is 4.90 Å². The van der Waals surface area contributed by atoms with E-state index in [1.807, 2.05) is 24.3 Å². The van der Waals surface area contributed by atoms with Crippen LogP contribution in [-0.2, 0) is 4.74 Å². The zero-order valence-electron chi connectivity index (χ0n) is 9.49. The summed E-state index contributed by atoms with van der Waals surface area (Å²) in [4.78, 5) is 13.7. The maximum absolute atomic E-state index is 11.9. The zero-order valence-corrected chi connectivity index (χ0v) is 11.1. The minimum absolute atomic E-state index is 0.200. The van der Waals surface area contributed by atoms with Crippen LogP contribution in [0.5, 0.6) is 0 Å². The molecule has 3 rings (SSSR count). The first-order chi connectivity index (χ1) is 8.19. The van der Waals surface area contributed by atoms with Gasteiger partial charge in [0.2, 0.25) is 0 Å². The zero-order chi connectivity index (χ0) is 11.9. The smallest absolute Gasteiger partial charge is 0.415 e. The van der Waals surface area contributed by atoms with Crippen LogP contribution in [0.2, 0.25) is 0 Å². The van der Waals surface area contributed by atoms with Crippen LogP contribution in [0.15, 0.2) is 28.7 Å². The van der Waals surface area contributed by atoms with Gasteiger partial charge < -0.3 is 4.74 Å². The van der Waals surface area contributed by atoms with Crippen molar-refractivity contribution in [3.63, 3.8) is 0 Å². The van der Waals surface area contributed by atoms with Gasteiger partial charge in [0.25, 0.3) is 0 Å². The number of benzene rings is 1. The number of hydrogen-bond donors (Lipinski definition) is 0. The summed E-state index contributed by atoms with van der Waals surface area (Å²) in [7, 11) is 0. The van der Waals surface area contributed by atoms with Gasteiger partial charge in [-0.15, -0.1) is 0 Å². The predicted octanol–water partition coefficient (Wildman–Crippen LogP) is 3.72. The third kappa shape index (κ3) is 1.95. The van der Waals surface area contributed by atoms with E-state index >= 15 is 0 Å². The summed E-state index contributed by atoms with van der Waals surface area (Å²) >= 11 is 3.39. The summed E-state index contributed by atoms with van der Waals surface area (Å²) in [6.07, 6.45) is 4.15. The molecule has 1 saturated heterocycles. The van der Waals surface area contributed by atoms with Crippen molar-refractivity contribution < 1.29 is 9.53 Å². The van der Waals surface area contributed by atoms with Crippen LogP contribution in [0.3, 0.4) is 0 Å². The molecule has 0 bridgehead atoms. The van der Waals surface area contributed by atoms with Crippen molar-refractivity contribution in [3.05, 3.63) is 28.7 Å². The fourth-order valence-electron chi connectivity index (χ4n) is 2.72. The van der Waals surface area contributed by atoms with Crippen molar-refractivity contribution >= 4 is 27.7 Å². The number of carbonyl (C=O) groups is 1. The summed E-state index contributed by atoms with van der Waals surface area (Å²) in [5, 5.41) is 0. The number of carbonyl (C=O) groups excluding carboxylic acids is 1. The summed E-state index contributed by atoms with van der Waals surface area (Å²) < 4.78 is 6.60. The van der Waals surface area contributed by atoms with Gasteiger partial charge in [-0.05, 0) is 49.9 Å². The highest BCUT2D eigenvalue weighted by Gasteiger charge is 2.47. The number of anilines is 1. The monoisotopic (exact) mass is 295 g/mol. The molecule has 1 aromatic carbocycles. The lowest BCUT2D eigenvalue weighted by Crippen LogP contribution is -2.31. The summed E-state index contributed by atoms with van der Waals surface area (Å²) in [6, 6.07) is 7.78. The van der Waals surface area contributed by atoms with Crippen LogP contribution in [-0.4, -0.2) is 18.2 Å². The molecule has 3 nitrogen and oxygen atoms in total. The van der Waals surface area contributed by atoms with Crippen molar-refractivity contribution in [1.29, 1.82) is 0 Å². The Hall–Kier alpha value is -1.03. The van der Waals surface area contributed by atoms with Crippen molar-refractivity contribution in [2.75, 3.05) is 11.4 Å². The molecular weight excluding hydrogens is 282 g/mol. The van der Waals surface area contributed by atoms with E-state index in [4.69, 9.17) is 4.74 Å². The Morgan fingerprint density at radius 3 is 2.47 bits per heavy atom. The Morgan fingerprint density at radius 1 is 1.18 bits per heavy atom. The second kappa shape index (κ2) is 4.02. The molecule has 1 heterocycles. The van der Waals surface area contributed by atoms with Crippen molar-refractivity contribution in [2.45, 2.75) is 31.3 Å². The molecule has 0 aromatic heterocycles. The lowest BCUT2D eigenvalue weighted by Gasteiger charge is -2.20. The Balaban J connectivity index is 1.85. The number of halogens is 1. The first-order valence-electron chi connectivity index (χ1n) is 5.95. The van der Waals surface area contributed by atoms with E-state index in [9.17, 15) is 4.79 Å². The molecule has 2 fully saturated rings. The van der Waals surface area contributed by atoms with E-state index in [0.717, 1.165) is 23.0 Å². The molecule has 0 N–H and O–H groups in total. The first kappa shape index (κ1) is 11.1. The Labute approximate surface area is 109 Å². The third-order valence-corrected chi connectivity index (χ3v) is 4.15. The molecule has 90 valence electrons. The van der Waals surface area contributed by atoms with Crippen LogP contribution in [0.25, 0.3) is 0 Å². The SMILES string of the molecule is O=C1OC2(CCCC2)CN1c1ccc(Br)cc1. The lowest BCUT2D eigenvalue weighted by molar-refractivity contribution is 0.0629. The molecule has 1 spiro atoms. The second-order valence-electron chi connectivity index (χ2n) is 4.82. The molecule has 1 aromatic rings. The number of nitrogens with zero attached hydrogens (tertiary/aromatic N) is 1. The normalized spacial score (nSPS) is 22.2. The lowest BCUT2D eigenvalue weighted by atomic mass is 10.0. The average molecular weight is 296 g/mol. The molecule has 1 amide bonds. The molecule has 1 saturated carbocycles. The molecule has 4 heteroatoms. The summed E-state index contributed by atoms with van der Waals surface area (Å²) in [5.74, 6) is 0. The largest absolute Gasteiger partial charge is 0.441 e. The Kier molecular flexibility index (Phi) is 2.62. The number of amides is 1. The minimum Gasteiger partial charge on any atom is -0.441 e. The van der Waals surface area contributed by atoms with Gasteiger partial charge in [0.05, 0.1) is 6.54 Å². The second-order valence-corrected chi connectivity index (χ2v) is 5.74. The van der Waals surface area contributed by atoms with Gasteiger partial charge in [0.15, 0.2) is 0 Å². The van der Waals surface area contributed by atoms with Crippen molar-refractivity contribution in [3.8, 4) is 0 Å². The van der Waals surface area contributed by atoms with Gasteiger partial charge >= 0.3 is 6.09 Å². The maximum Gasteiger partial charge on any atom is 0.415 e. The molecule has 1 aliphatic heterocycles. The summed E-state index contributed by atoms with van der Waals surface area (Å²) in [6.45, 7) is 0.702. The molecule has 0 atom stereocenters. The fourth-order valence-corrected chi connectivity index (χ4v) is 2.99. The Bertz CT molecular complexity index is 437. The van der Waals surface area contributed by atoms with E-state index < -0.39 is 0 Å². The van der Waals surface area contributed by atoms with Crippen LogP contribution >= 0.6 is 15.9 Å². The van der Waals surface area contributed by atoms with Crippen molar-refractivity contribution in [2.24, 2.45) is 0 Å². The molecule has 0 radical (unpaired) electrons. The molecule has 0 unspecified atom stereocenters. The molecular formula is C13H14BrNO2. The van der Waals surface area contributed by atoms with Gasteiger partial charge in [-0.1, -0.05) is 15.9 Å². The minimum atomic E-state index is -0.204. The topological polar surface area (TPSA) is 29.5 Å². The van der Waals surface area contributed by atoms with E-state index in [-0.39, 0.29) is 11.7 Å². The predicted molar refractivity (Wildman–Crippen MR) is 69.2 cm³/mol. The van der Waals surface area contributed by atoms with Gasteiger partial charge in [-0.2, -0.15) is 0 Å². The standard InChI is InChI=1S/C13H14BrNO2/c14-10-3-5-11(6-4-10)15-9-13(17-12(15)16)7-1-2-8-13/h3-6H,1-2,7-9H2. The Morgan fingerprint density at radius 2 is 1.82 bits per heavy atom. The van der Waals surface area contributed by atoms with E-state index in [1.54, 1.807) is 4.90 Å². The highest BCUT2D eigenvalue weighted by molar-refractivity contribution is 9.10. The van der Waals surface area contributed by atoms with E-state index in [2.05, 4.69) is 15.9 Å². The number of ether oxygens (including phenoxy) is 1. The molecule has 2 aliphatic rings. The van der Waals surface area contributed by atoms with Gasteiger partial charge in [0, 0.05) is 10.2 Å². The molecule has 1 aliphatic carbocycles. The van der Waals surface area contributed by atoms with Crippen molar-refractivity contribution in [1.82, 2.24) is 0 Å². The summed E-state index contributed by atoms with van der Waals surface area (Å²) in [5.41, 5.74) is 0.714. The number of hydrogen-bond acceptors (Lipinski definition) is 2. The van der Waals surface area contributed by atoms with Crippen LogP contribution < -0.4 is 4.90 Å². The molecule has 17 heavy (non-hydrogen) atoms. The van der Waals surface area contributed by atoms with E-state index in [0.29, 0.717) is 6.54 Å². The van der Waals surface area contributed by atoms with Gasteiger partial charge in [0.1, 0.15) is 5.60 Å². The third-order valence-electron chi connectivity index (χ3n) is 3.62. The van der Waals surface area contributed by atoms with Crippen LogP contribution in [0, 0.1) is 0 Å². The van der Waals surface area contributed by atoms with Gasteiger partial charge in [-0.25, -0.2) is 4.79 Å². The van der Waals surface area contributed by atoms with Crippen LogP contribution in [0.4, 0.5) is 10.5 Å². The highest BCUT2D eigenvalue weighted by Crippen LogP contribution is 2.40. The van der Waals surface area contributed by atoms with Crippen LogP contribution in [0.1, 0.15) is 25.7 Å². The van der Waals surface area contributed by atoms with E-state index in [1.165, 1.54) is 12.8 Å². The first-order valence-corrected chi connectivity index (χ1v) is 6.74. The maximum atomic E-state index is 11.9. The fraction of sp³-hybridized carbons (Fsp3) is 0.462. The number of rotatable bonds is 1. The average Bonchev–Trinajstić information content (AvgIpc) is 2.88. The quantitative estimate of drug-likeness (QED) is 0.790.